The van der Waals surface area contributed by atoms with E-state index in [1.807, 2.05) is 12.1 Å². The molecule has 1 aromatic rings. The topological polar surface area (TPSA) is 64.1 Å². The molecular formula is C22H37N3O3. The molecular weight excluding hydrogens is 354 g/mol. The van der Waals surface area contributed by atoms with E-state index in [0.29, 0.717) is 5.92 Å². The number of hydrogen-bond donors (Lipinski definition) is 2. The summed E-state index contributed by atoms with van der Waals surface area (Å²) in [5, 5.41) is 6.80. The summed E-state index contributed by atoms with van der Waals surface area (Å²) in [5.74, 6) is 2.37. The van der Waals surface area contributed by atoms with E-state index in [9.17, 15) is 0 Å². The van der Waals surface area contributed by atoms with Crippen LogP contribution in [0.1, 0.15) is 38.7 Å². The quantitative estimate of drug-likeness (QED) is 0.365. The first kappa shape index (κ1) is 22.5. The molecule has 0 aliphatic carbocycles. The number of nitrogens with zero attached hydrogens (tertiary/aromatic N) is 1. The molecule has 1 aliphatic heterocycles. The lowest BCUT2D eigenvalue weighted by atomic mass is 9.84. The predicted octanol–water partition coefficient (Wildman–Crippen LogP) is 2.97. The number of ether oxygens (including phenoxy) is 3. The van der Waals surface area contributed by atoms with Crippen molar-refractivity contribution >= 4 is 5.96 Å². The molecule has 0 radical (unpaired) electrons. The fraction of sp³-hybridized carbons (Fsp3) is 0.682. The van der Waals surface area contributed by atoms with Crippen molar-refractivity contribution < 1.29 is 14.2 Å². The summed E-state index contributed by atoms with van der Waals surface area (Å²) in [4.78, 5) is 4.32. The molecule has 2 N–H and O–H groups in total. The van der Waals surface area contributed by atoms with Gasteiger partial charge in [0.25, 0.3) is 0 Å². The summed E-state index contributed by atoms with van der Waals surface area (Å²) in [6.45, 7) is 9.47. The van der Waals surface area contributed by atoms with E-state index >= 15 is 0 Å². The predicted molar refractivity (Wildman–Crippen MR) is 114 cm³/mol. The minimum absolute atomic E-state index is 0.0171. The van der Waals surface area contributed by atoms with Gasteiger partial charge in [-0.25, -0.2) is 0 Å². The molecule has 0 aromatic heterocycles. The van der Waals surface area contributed by atoms with Crippen molar-refractivity contribution in [1.29, 1.82) is 0 Å². The second-order valence-electron chi connectivity index (χ2n) is 7.95. The molecule has 28 heavy (non-hydrogen) atoms. The van der Waals surface area contributed by atoms with Gasteiger partial charge in [0, 0.05) is 52.0 Å². The Bertz CT molecular complexity index is 581. The van der Waals surface area contributed by atoms with E-state index in [1.165, 1.54) is 5.56 Å². The number of guanidine groups is 1. The van der Waals surface area contributed by atoms with Crippen LogP contribution in [0.15, 0.2) is 29.3 Å². The van der Waals surface area contributed by atoms with Crippen molar-refractivity contribution in [2.45, 2.75) is 38.5 Å². The highest BCUT2D eigenvalue weighted by molar-refractivity contribution is 5.79. The first-order chi connectivity index (χ1) is 13.5. The lowest BCUT2D eigenvalue weighted by molar-refractivity contribution is 0.0203. The normalized spacial score (nSPS) is 16.1. The molecule has 0 saturated carbocycles. The van der Waals surface area contributed by atoms with E-state index in [4.69, 9.17) is 14.2 Å². The van der Waals surface area contributed by atoms with Crippen molar-refractivity contribution in [2.24, 2.45) is 10.9 Å². The van der Waals surface area contributed by atoms with Crippen LogP contribution < -0.4 is 15.4 Å². The third-order valence-electron chi connectivity index (χ3n) is 5.25. The van der Waals surface area contributed by atoms with Gasteiger partial charge < -0.3 is 24.8 Å². The molecule has 1 heterocycles. The van der Waals surface area contributed by atoms with Gasteiger partial charge >= 0.3 is 0 Å². The van der Waals surface area contributed by atoms with Crippen molar-refractivity contribution in [3.63, 3.8) is 0 Å². The maximum absolute atomic E-state index is 5.81. The summed E-state index contributed by atoms with van der Waals surface area (Å²) < 4.78 is 16.4. The molecule has 1 saturated heterocycles. The Kier molecular flexibility index (Phi) is 9.58. The summed E-state index contributed by atoms with van der Waals surface area (Å²) in [5.41, 5.74) is 1.24. The average molecular weight is 392 g/mol. The summed E-state index contributed by atoms with van der Waals surface area (Å²) in [6.07, 6.45) is 3.21. The Morgan fingerprint density at radius 2 is 1.89 bits per heavy atom. The zero-order valence-electron chi connectivity index (χ0n) is 17.9. The fourth-order valence-electron chi connectivity index (χ4n) is 3.21. The Balaban J connectivity index is 1.63. The van der Waals surface area contributed by atoms with E-state index < -0.39 is 0 Å². The highest BCUT2D eigenvalue weighted by Gasteiger charge is 2.21. The molecule has 0 bridgehead atoms. The average Bonchev–Trinajstić information content (AvgIpc) is 2.73. The minimum atomic E-state index is -0.0171. The number of methoxy groups -OCH3 is 1. The highest BCUT2D eigenvalue weighted by Crippen LogP contribution is 2.24. The van der Waals surface area contributed by atoms with Crippen molar-refractivity contribution in [3.05, 3.63) is 29.8 Å². The molecule has 2 rings (SSSR count). The van der Waals surface area contributed by atoms with Gasteiger partial charge in [0.15, 0.2) is 5.96 Å². The molecule has 158 valence electrons. The molecule has 0 unspecified atom stereocenters. The van der Waals surface area contributed by atoms with Crippen molar-refractivity contribution in [3.8, 4) is 5.75 Å². The van der Waals surface area contributed by atoms with Gasteiger partial charge in [0.2, 0.25) is 0 Å². The van der Waals surface area contributed by atoms with Crippen LogP contribution >= 0.6 is 0 Å². The van der Waals surface area contributed by atoms with Crippen molar-refractivity contribution in [1.82, 2.24) is 10.6 Å². The number of aliphatic imine (C=N–C) groups is 1. The Morgan fingerprint density at radius 3 is 2.54 bits per heavy atom. The molecule has 6 heteroatoms. The van der Waals surface area contributed by atoms with Crippen LogP contribution in [0, 0.1) is 5.92 Å². The molecule has 1 aliphatic rings. The lowest BCUT2D eigenvalue weighted by Gasteiger charge is -2.27. The van der Waals surface area contributed by atoms with Gasteiger partial charge in [-0.3, -0.25) is 4.99 Å². The number of rotatable bonds is 10. The molecule has 0 amide bonds. The number of benzene rings is 1. The SMILES string of the molecule is CN=C(NCCCOCC1CCOCC1)NCC(C)(C)c1ccc(OC)cc1. The standard InChI is InChI=1S/C22H37N3O3/c1-22(2,19-6-8-20(26-4)9-7-19)17-25-21(23-3)24-12-5-13-28-16-18-10-14-27-15-11-18/h6-9,18H,5,10-17H2,1-4H3,(H2,23,24,25). The van der Waals surface area contributed by atoms with E-state index in [2.05, 4.69) is 41.6 Å². The number of hydrogen-bond acceptors (Lipinski definition) is 4. The Morgan fingerprint density at radius 1 is 1.18 bits per heavy atom. The zero-order valence-corrected chi connectivity index (χ0v) is 17.9. The fourth-order valence-corrected chi connectivity index (χ4v) is 3.21. The van der Waals surface area contributed by atoms with Crippen LogP contribution in [0.25, 0.3) is 0 Å². The molecule has 6 nitrogen and oxygen atoms in total. The summed E-state index contributed by atoms with van der Waals surface area (Å²) >= 11 is 0. The summed E-state index contributed by atoms with van der Waals surface area (Å²) in [7, 11) is 3.49. The second-order valence-corrected chi connectivity index (χ2v) is 7.95. The zero-order chi connectivity index (χ0) is 20.2. The van der Waals surface area contributed by atoms with Crippen LogP contribution in [-0.4, -0.2) is 59.6 Å². The van der Waals surface area contributed by atoms with Crippen LogP contribution in [0.4, 0.5) is 0 Å². The van der Waals surface area contributed by atoms with Gasteiger partial charge in [-0.15, -0.1) is 0 Å². The Hall–Kier alpha value is -1.79. The molecule has 0 spiro atoms. The smallest absolute Gasteiger partial charge is 0.191 e. The molecule has 1 aromatic carbocycles. The van der Waals surface area contributed by atoms with Gasteiger partial charge in [0.05, 0.1) is 7.11 Å². The lowest BCUT2D eigenvalue weighted by Crippen LogP contribution is -2.43. The van der Waals surface area contributed by atoms with E-state index in [-0.39, 0.29) is 5.41 Å². The molecule has 0 atom stereocenters. The highest BCUT2D eigenvalue weighted by atomic mass is 16.5. The first-order valence-electron chi connectivity index (χ1n) is 10.3. The van der Waals surface area contributed by atoms with Gasteiger partial charge in [-0.1, -0.05) is 26.0 Å². The van der Waals surface area contributed by atoms with Crippen molar-refractivity contribution in [2.75, 3.05) is 53.7 Å². The second kappa shape index (κ2) is 11.9. The van der Waals surface area contributed by atoms with Crippen LogP contribution in [0.2, 0.25) is 0 Å². The van der Waals surface area contributed by atoms with Crippen LogP contribution in [-0.2, 0) is 14.9 Å². The van der Waals surface area contributed by atoms with Gasteiger partial charge in [0.1, 0.15) is 5.75 Å². The van der Waals surface area contributed by atoms with Crippen LogP contribution in [0.3, 0.4) is 0 Å². The number of nitrogens with one attached hydrogen (secondary N) is 2. The third-order valence-corrected chi connectivity index (χ3v) is 5.25. The van der Waals surface area contributed by atoms with Gasteiger partial charge in [-0.2, -0.15) is 0 Å². The van der Waals surface area contributed by atoms with E-state index in [0.717, 1.165) is 70.5 Å². The maximum atomic E-state index is 5.81. The molecule has 1 fully saturated rings. The largest absolute Gasteiger partial charge is 0.497 e. The van der Waals surface area contributed by atoms with E-state index in [1.54, 1.807) is 14.2 Å². The first-order valence-corrected chi connectivity index (χ1v) is 10.3. The summed E-state index contributed by atoms with van der Waals surface area (Å²) in [6, 6.07) is 8.24. The van der Waals surface area contributed by atoms with Crippen LogP contribution in [0.5, 0.6) is 5.75 Å². The monoisotopic (exact) mass is 391 g/mol. The minimum Gasteiger partial charge on any atom is -0.497 e. The van der Waals surface area contributed by atoms with Gasteiger partial charge in [-0.05, 0) is 42.9 Å². The maximum Gasteiger partial charge on any atom is 0.191 e. The third kappa shape index (κ3) is 7.68. The Labute approximate surface area is 170 Å².